The van der Waals surface area contributed by atoms with Crippen molar-refractivity contribution in [3.05, 3.63) is 47.0 Å². The van der Waals surface area contributed by atoms with E-state index in [2.05, 4.69) is 54.5 Å². The Morgan fingerprint density at radius 1 is 1.32 bits per heavy atom. The molecule has 4 heteroatoms. The molecule has 1 N–H and O–H groups in total. The van der Waals surface area contributed by atoms with Crippen molar-refractivity contribution in [3.63, 3.8) is 0 Å². The van der Waals surface area contributed by atoms with Crippen LogP contribution in [0.3, 0.4) is 0 Å². The Balaban J connectivity index is 1.91. The Morgan fingerprint density at radius 3 is 2.74 bits per heavy atom. The van der Waals surface area contributed by atoms with Crippen LogP contribution in [0, 0.1) is 13.8 Å². The van der Waals surface area contributed by atoms with Crippen LogP contribution in [0.25, 0.3) is 0 Å². The van der Waals surface area contributed by atoms with Crippen LogP contribution < -0.4 is 5.32 Å². The summed E-state index contributed by atoms with van der Waals surface area (Å²) in [7, 11) is 1.98. The molecule has 4 nitrogen and oxygen atoms in total. The first-order valence-electron chi connectivity index (χ1n) is 6.71. The van der Waals surface area contributed by atoms with E-state index >= 15 is 0 Å². The largest absolute Gasteiger partial charge is 0.321 e. The van der Waals surface area contributed by atoms with Crippen LogP contribution >= 0.6 is 0 Å². The van der Waals surface area contributed by atoms with Gasteiger partial charge in [-0.3, -0.25) is 0 Å². The van der Waals surface area contributed by atoms with Crippen molar-refractivity contribution in [2.45, 2.75) is 33.2 Å². The normalized spacial score (nSPS) is 12.6. The van der Waals surface area contributed by atoms with Gasteiger partial charge in [-0.25, -0.2) is 0 Å². The van der Waals surface area contributed by atoms with Gasteiger partial charge in [-0.2, -0.15) is 0 Å². The highest BCUT2D eigenvalue weighted by atomic mass is 15.2. The summed E-state index contributed by atoms with van der Waals surface area (Å²) in [6.07, 6.45) is 2.63. The predicted molar refractivity (Wildman–Crippen MR) is 77.0 cm³/mol. The molecule has 19 heavy (non-hydrogen) atoms. The molecule has 0 amide bonds. The van der Waals surface area contributed by atoms with Gasteiger partial charge in [-0.05, 0) is 31.9 Å². The van der Waals surface area contributed by atoms with Crippen molar-refractivity contribution in [1.29, 1.82) is 0 Å². The minimum absolute atomic E-state index is 0.355. The third-order valence-electron chi connectivity index (χ3n) is 3.50. The quantitative estimate of drug-likeness (QED) is 0.895. The fourth-order valence-electron chi connectivity index (χ4n) is 2.36. The average Bonchev–Trinajstić information content (AvgIpc) is 2.75. The summed E-state index contributed by atoms with van der Waals surface area (Å²) in [5, 5.41) is 11.5. The molecule has 0 bridgehead atoms. The Hall–Kier alpha value is -1.68. The fraction of sp³-hybridized carbons (Fsp3) is 0.467. The third kappa shape index (κ3) is 3.41. The molecule has 0 spiro atoms. The molecule has 0 radical (unpaired) electrons. The van der Waals surface area contributed by atoms with Crippen LogP contribution in [0.4, 0.5) is 0 Å². The molecule has 1 aromatic carbocycles. The van der Waals surface area contributed by atoms with E-state index in [0.29, 0.717) is 6.04 Å². The van der Waals surface area contributed by atoms with Gasteiger partial charge in [0.25, 0.3) is 0 Å². The molecule has 1 atom stereocenters. The smallest absolute Gasteiger partial charge is 0.133 e. The van der Waals surface area contributed by atoms with Crippen molar-refractivity contribution in [1.82, 2.24) is 20.1 Å². The van der Waals surface area contributed by atoms with Gasteiger partial charge in [-0.15, -0.1) is 10.2 Å². The topological polar surface area (TPSA) is 42.7 Å². The summed E-state index contributed by atoms with van der Waals surface area (Å²) in [6, 6.07) is 6.97. The first-order chi connectivity index (χ1) is 9.08. The number of aromatic nitrogens is 3. The molecule has 0 aliphatic carbocycles. The Kier molecular flexibility index (Phi) is 4.32. The number of hydrogen-bond acceptors (Lipinski definition) is 3. The zero-order chi connectivity index (χ0) is 13.8. The maximum atomic E-state index is 4.09. The SMILES string of the molecule is Cc1ccc(C(C)NCCc2nncn2C)c(C)c1. The number of aryl methyl sites for hydroxylation is 3. The molecule has 1 aromatic heterocycles. The molecule has 102 valence electrons. The lowest BCUT2D eigenvalue weighted by molar-refractivity contribution is 0.562. The van der Waals surface area contributed by atoms with Gasteiger partial charge < -0.3 is 9.88 Å². The number of rotatable bonds is 5. The van der Waals surface area contributed by atoms with Gasteiger partial charge in [0.1, 0.15) is 12.2 Å². The molecular weight excluding hydrogens is 236 g/mol. The summed E-state index contributed by atoms with van der Waals surface area (Å²) in [6.45, 7) is 7.40. The molecule has 0 saturated heterocycles. The van der Waals surface area contributed by atoms with Crippen molar-refractivity contribution < 1.29 is 0 Å². The van der Waals surface area contributed by atoms with Crippen LogP contribution in [0.15, 0.2) is 24.5 Å². The summed E-state index contributed by atoms with van der Waals surface area (Å²) < 4.78 is 1.96. The zero-order valence-corrected chi connectivity index (χ0v) is 12.1. The molecule has 1 unspecified atom stereocenters. The van der Waals surface area contributed by atoms with Crippen molar-refractivity contribution in [2.24, 2.45) is 7.05 Å². The summed E-state index contributed by atoms with van der Waals surface area (Å²) in [5.41, 5.74) is 4.02. The van der Waals surface area contributed by atoms with Gasteiger partial charge in [0.05, 0.1) is 0 Å². The minimum atomic E-state index is 0.355. The summed E-state index contributed by atoms with van der Waals surface area (Å²) >= 11 is 0. The zero-order valence-electron chi connectivity index (χ0n) is 12.1. The lowest BCUT2D eigenvalue weighted by Crippen LogP contribution is -2.23. The fourth-order valence-corrected chi connectivity index (χ4v) is 2.36. The average molecular weight is 258 g/mol. The van der Waals surface area contributed by atoms with Crippen LogP contribution in [-0.4, -0.2) is 21.3 Å². The molecule has 0 saturated carbocycles. The monoisotopic (exact) mass is 258 g/mol. The lowest BCUT2D eigenvalue weighted by atomic mass is 10.0. The van der Waals surface area contributed by atoms with E-state index in [0.717, 1.165) is 18.8 Å². The number of nitrogens with zero attached hydrogens (tertiary/aromatic N) is 3. The molecule has 2 aromatic rings. The Bertz CT molecular complexity index is 545. The second-order valence-electron chi connectivity index (χ2n) is 5.14. The van der Waals surface area contributed by atoms with Crippen molar-refractivity contribution in [3.8, 4) is 0 Å². The van der Waals surface area contributed by atoms with E-state index in [9.17, 15) is 0 Å². The van der Waals surface area contributed by atoms with Gasteiger partial charge >= 0.3 is 0 Å². The summed E-state index contributed by atoms with van der Waals surface area (Å²) in [4.78, 5) is 0. The Labute approximate surface area is 114 Å². The first kappa shape index (κ1) is 13.7. The van der Waals surface area contributed by atoms with Crippen LogP contribution in [0.2, 0.25) is 0 Å². The molecule has 1 heterocycles. The second-order valence-corrected chi connectivity index (χ2v) is 5.14. The highest BCUT2D eigenvalue weighted by Crippen LogP contribution is 2.18. The van der Waals surface area contributed by atoms with E-state index in [-0.39, 0.29) is 0 Å². The number of hydrogen-bond donors (Lipinski definition) is 1. The van der Waals surface area contributed by atoms with Crippen LogP contribution in [-0.2, 0) is 13.5 Å². The molecule has 0 fully saturated rings. The van der Waals surface area contributed by atoms with Gasteiger partial charge in [-0.1, -0.05) is 23.8 Å². The second kappa shape index (κ2) is 5.97. The molecule has 0 aliphatic heterocycles. The third-order valence-corrected chi connectivity index (χ3v) is 3.50. The van der Waals surface area contributed by atoms with Crippen molar-refractivity contribution in [2.75, 3.05) is 6.54 Å². The van der Waals surface area contributed by atoms with Crippen LogP contribution in [0.1, 0.15) is 35.5 Å². The molecular formula is C15H22N4. The van der Waals surface area contributed by atoms with E-state index in [4.69, 9.17) is 0 Å². The number of benzene rings is 1. The van der Waals surface area contributed by atoms with E-state index in [1.165, 1.54) is 16.7 Å². The van der Waals surface area contributed by atoms with Gasteiger partial charge in [0, 0.05) is 26.1 Å². The standard InChI is InChI=1S/C15H22N4/c1-11-5-6-14(12(2)9-11)13(3)16-8-7-15-18-17-10-19(15)4/h5-6,9-10,13,16H,7-8H2,1-4H3. The molecule has 2 rings (SSSR count). The van der Waals surface area contributed by atoms with Crippen LogP contribution in [0.5, 0.6) is 0 Å². The van der Waals surface area contributed by atoms with E-state index < -0.39 is 0 Å². The van der Waals surface area contributed by atoms with E-state index in [1.807, 2.05) is 11.6 Å². The predicted octanol–water partition coefficient (Wildman–Crippen LogP) is 2.33. The van der Waals surface area contributed by atoms with Crippen molar-refractivity contribution >= 4 is 0 Å². The van der Waals surface area contributed by atoms with E-state index in [1.54, 1.807) is 6.33 Å². The minimum Gasteiger partial charge on any atom is -0.321 e. The maximum Gasteiger partial charge on any atom is 0.133 e. The maximum absolute atomic E-state index is 4.09. The molecule has 0 aliphatic rings. The number of nitrogens with one attached hydrogen (secondary N) is 1. The Morgan fingerprint density at radius 2 is 2.11 bits per heavy atom. The highest BCUT2D eigenvalue weighted by Gasteiger charge is 2.08. The highest BCUT2D eigenvalue weighted by molar-refractivity contribution is 5.32. The van der Waals surface area contributed by atoms with Gasteiger partial charge in [0.2, 0.25) is 0 Å². The lowest BCUT2D eigenvalue weighted by Gasteiger charge is -2.17. The summed E-state index contributed by atoms with van der Waals surface area (Å²) in [5.74, 6) is 1.01. The van der Waals surface area contributed by atoms with Gasteiger partial charge in [0.15, 0.2) is 0 Å². The first-order valence-corrected chi connectivity index (χ1v) is 6.71.